The van der Waals surface area contributed by atoms with E-state index in [2.05, 4.69) is 19.9 Å². The lowest BCUT2D eigenvalue weighted by molar-refractivity contribution is -0.120. The Bertz CT molecular complexity index is 354. The van der Waals surface area contributed by atoms with E-state index in [1.54, 1.807) is 6.08 Å². The number of hydrogen-bond donors (Lipinski definition) is 0. The second kappa shape index (κ2) is 4.18. The van der Waals surface area contributed by atoms with Crippen molar-refractivity contribution >= 4 is 5.78 Å². The number of allylic oxidation sites excluding steroid dienone is 6. The smallest absolute Gasteiger partial charge is 0.159 e. The third kappa shape index (κ3) is 2.11. The first-order valence-corrected chi connectivity index (χ1v) is 5.47. The van der Waals surface area contributed by atoms with Crippen molar-refractivity contribution in [3.8, 4) is 0 Å². The van der Waals surface area contributed by atoms with E-state index in [9.17, 15) is 4.79 Å². The molecule has 0 aromatic heterocycles. The highest BCUT2D eigenvalue weighted by Crippen LogP contribution is 2.42. The second-order valence-electron chi connectivity index (χ2n) is 4.78. The molecule has 1 aliphatic carbocycles. The largest absolute Gasteiger partial charge is 0.295 e. The Kier molecular flexibility index (Phi) is 3.33. The van der Waals surface area contributed by atoms with Crippen molar-refractivity contribution in [3.05, 3.63) is 35.5 Å². The highest BCUT2D eigenvalue weighted by Gasteiger charge is 2.37. The number of hydrogen-bond acceptors (Lipinski definition) is 1. The average molecular weight is 204 g/mol. The maximum absolute atomic E-state index is 11.7. The Labute approximate surface area is 92.6 Å². The predicted octanol–water partition coefficient (Wildman–Crippen LogP) is 3.68. The van der Waals surface area contributed by atoms with E-state index in [1.165, 1.54) is 5.57 Å². The van der Waals surface area contributed by atoms with Gasteiger partial charge in [-0.15, -0.1) is 0 Å². The van der Waals surface area contributed by atoms with Crippen LogP contribution in [-0.4, -0.2) is 5.78 Å². The molecule has 1 rings (SSSR count). The predicted molar refractivity (Wildman–Crippen MR) is 64.6 cm³/mol. The lowest BCUT2D eigenvalue weighted by Crippen LogP contribution is -2.33. The molecule has 1 heteroatoms. The molecular formula is C14H20O. The van der Waals surface area contributed by atoms with Crippen LogP contribution in [0.1, 0.15) is 34.6 Å². The van der Waals surface area contributed by atoms with Crippen molar-refractivity contribution in [2.45, 2.75) is 34.6 Å². The fraction of sp³-hybridized carbons (Fsp3) is 0.500. The van der Waals surface area contributed by atoms with Crippen LogP contribution in [0.4, 0.5) is 0 Å². The van der Waals surface area contributed by atoms with Gasteiger partial charge in [-0.05, 0) is 36.5 Å². The van der Waals surface area contributed by atoms with Crippen LogP contribution >= 0.6 is 0 Å². The molecule has 0 aromatic carbocycles. The van der Waals surface area contributed by atoms with Gasteiger partial charge in [0, 0.05) is 5.92 Å². The molecule has 0 aromatic rings. The maximum Gasteiger partial charge on any atom is 0.159 e. The molecule has 1 nitrogen and oxygen atoms in total. The summed E-state index contributed by atoms with van der Waals surface area (Å²) in [5.74, 6) is 0.313. The summed E-state index contributed by atoms with van der Waals surface area (Å²) in [6.07, 6.45) is 7.94. The molecule has 15 heavy (non-hydrogen) atoms. The van der Waals surface area contributed by atoms with E-state index < -0.39 is 0 Å². The summed E-state index contributed by atoms with van der Waals surface area (Å²) in [7, 11) is 0. The van der Waals surface area contributed by atoms with Crippen LogP contribution in [0.2, 0.25) is 0 Å². The average Bonchev–Trinajstić information content (AvgIpc) is 2.14. The van der Waals surface area contributed by atoms with Gasteiger partial charge in [0.25, 0.3) is 0 Å². The first-order valence-electron chi connectivity index (χ1n) is 5.47. The molecule has 82 valence electrons. The molecule has 0 amide bonds. The number of ketones is 1. The van der Waals surface area contributed by atoms with Crippen LogP contribution < -0.4 is 0 Å². The molecule has 0 spiro atoms. The van der Waals surface area contributed by atoms with Crippen molar-refractivity contribution in [1.29, 1.82) is 0 Å². The van der Waals surface area contributed by atoms with Gasteiger partial charge in [-0.1, -0.05) is 39.0 Å². The van der Waals surface area contributed by atoms with Crippen LogP contribution in [0.3, 0.4) is 0 Å². The Morgan fingerprint density at radius 1 is 1.40 bits per heavy atom. The molecule has 1 atom stereocenters. The van der Waals surface area contributed by atoms with E-state index in [4.69, 9.17) is 0 Å². The molecule has 0 heterocycles. The Morgan fingerprint density at radius 2 is 2.00 bits per heavy atom. The molecule has 0 saturated heterocycles. The van der Waals surface area contributed by atoms with Crippen molar-refractivity contribution in [2.24, 2.45) is 11.3 Å². The fourth-order valence-corrected chi connectivity index (χ4v) is 2.05. The van der Waals surface area contributed by atoms with Gasteiger partial charge in [0.15, 0.2) is 5.78 Å². The zero-order valence-corrected chi connectivity index (χ0v) is 10.3. The Morgan fingerprint density at radius 3 is 2.53 bits per heavy atom. The molecule has 1 unspecified atom stereocenters. The van der Waals surface area contributed by atoms with E-state index in [0.29, 0.717) is 0 Å². The molecule has 0 bridgehead atoms. The normalized spacial score (nSPS) is 28.6. The van der Waals surface area contributed by atoms with Crippen molar-refractivity contribution in [1.82, 2.24) is 0 Å². The first-order chi connectivity index (χ1) is 6.91. The molecule has 0 N–H and O–H groups in total. The van der Waals surface area contributed by atoms with Gasteiger partial charge in [0.2, 0.25) is 0 Å². The van der Waals surface area contributed by atoms with Gasteiger partial charge < -0.3 is 0 Å². The minimum atomic E-state index is -0.0601. The molecule has 1 aliphatic rings. The zero-order chi connectivity index (χ0) is 11.6. The third-order valence-corrected chi connectivity index (χ3v) is 3.44. The summed E-state index contributed by atoms with van der Waals surface area (Å²) >= 11 is 0. The Hall–Kier alpha value is -1.11. The quantitative estimate of drug-likeness (QED) is 0.636. The Balaban J connectivity index is 3.25. The number of carbonyl (C=O) groups is 1. The number of rotatable bonds is 1. The van der Waals surface area contributed by atoms with E-state index in [1.807, 2.05) is 32.9 Å². The molecule has 0 saturated carbocycles. The molecule has 0 aliphatic heterocycles. The van der Waals surface area contributed by atoms with Crippen LogP contribution in [0.5, 0.6) is 0 Å². The molecule has 0 fully saturated rings. The van der Waals surface area contributed by atoms with Crippen LogP contribution in [0, 0.1) is 11.3 Å². The second-order valence-corrected chi connectivity index (χ2v) is 4.78. The minimum absolute atomic E-state index is 0.0601. The topological polar surface area (TPSA) is 17.1 Å². The van der Waals surface area contributed by atoms with Gasteiger partial charge in [-0.25, -0.2) is 0 Å². The first kappa shape index (κ1) is 12.0. The van der Waals surface area contributed by atoms with Crippen LogP contribution in [-0.2, 0) is 4.79 Å². The summed E-state index contributed by atoms with van der Waals surface area (Å²) in [5.41, 5.74) is 2.31. The monoisotopic (exact) mass is 204 g/mol. The fourth-order valence-electron chi connectivity index (χ4n) is 2.05. The lowest BCUT2D eigenvalue weighted by Gasteiger charge is -2.37. The van der Waals surface area contributed by atoms with Gasteiger partial charge in [0.05, 0.1) is 0 Å². The number of carbonyl (C=O) groups excluding carboxylic acids is 1. The van der Waals surface area contributed by atoms with Crippen LogP contribution in [0.15, 0.2) is 35.5 Å². The summed E-state index contributed by atoms with van der Waals surface area (Å²) in [6, 6.07) is 0. The lowest BCUT2D eigenvalue weighted by atomic mass is 9.66. The van der Waals surface area contributed by atoms with E-state index in [-0.39, 0.29) is 17.1 Å². The third-order valence-electron chi connectivity index (χ3n) is 3.44. The van der Waals surface area contributed by atoms with E-state index >= 15 is 0 Å². The summed E-state index contributed by atoms with van der Waals surface area (Å²) in [4.78, 5) is 11.7. The minimum Gasteiger partial charge on any atom is -0.295 e. The van der Waals surface area contributed by atoms with Crippen molar-refractivity contribution in [3.63, 3.8) is 0 Å². The highest BCUT2D eigenvalue weighted by atomic mass is 16.1. The summed E-state index contributed by atoms with van der Waals surface area (Å²) < 4.78 is 0. The molecule has 0 radical (unpaired) electrons. The summed E-state index contributed by atoms with van der Waals surface area (Å²) in [5, 5.41) is 0. The van der Waals surface area contributed by atoms with Crippen LogP contribution in [0.25, 0.3) is 0 Å². The van der Waals surface area contributed by atoms with Gasteiger partial charge >= 0.3 is 0 Å². The highest BCUT2D eigenvalue weighted by molar-refractivity contribution is 5.95. The zero-order valence-electron chi connectivity index (χ0n) is 10.3. The van der Waals surface area contributed by atoms with Crippen molar-refractivity contribution < 1.29 is 4.79 Å². The molecular weight excluding hydrogens is 184 g/mol. The van der Waals surface area contributed by atoms with Gasteiger partial charge in [-0.2, -0.15) is 0 Å². The summed E-state index contributed by atoms with van der Waals surface area (Å²) in [6.45, 7) is 10.3. The van der Waals surface area contributed by atoms with Crippen molar-refractivity contribution in [2.75, 3.05) is 0 Å². The maximum atomic E-state index is 11.7. The standard InChI is InChI=1S/C14H20O/c1-6-7-8-12-10(2)9-13(15)11(3)14(12,4)5/h6-9,11H,1-5H3/b7-6-,12-8-. The van der Waals surface area contributed by atoms with E-state index in [0.717, 1.165) is 5.57 Å². The SMILES string of the molecule is C/C=C\C=C1\C(C)=CC(=O)C(C)C1(C)C. The van der Waals surface area contributed by atoms with Gasteiger partial charge in [-0.3, -0.25) is 4.79 Å². The van der Waals surface area contributed by atoms with Gasteiger partial charge in [0.1, 0.15) is 0 Å².